The van der Waals surface area contributed by atoms with Crippen LogP contribution in [0.1, 0.15) is 19.8 Å². The van der Waals surface area contributed by atoms with Gasteiger partial charge in [-0.25, -0.2) is 19.3 Å². The SMILES string of the molecule is CCCC(O)Nc1cncc(-c2cnc3n[nH]c(-c4nc5nccc(-c6ccoc6)c5[nH]4)c3c2F)c1. The number of aliphatic hydroxyl groups excluding tert-OH is 1. The molecule has 0 saturated carbocycles. The van der Waals surface area contributed by atoms with E-state index in [2.05, 4.69) is 40.4 Å². The van der Waals surface area contributed by atoms with Gasteiger partial charge in [-0.1, -0.05) is 13.3 Å². The Kier molecular flexibility index (Phi) is 5.38. The lowest BCUT2D eigenvalue weighted by molar-refractivity contribution is 0.192. The third-order valence-electron chi connectivity index (χ3n) is 5.92. The van der Waals surface area contributed by atoms with E-state index in [4.69, 9.17) is 4.42 Å². The van der Waals surface area contributed by atoms with Crippen LogP contribution < -0.4 is 5.32 Å². The van der Waals surface area contributed by atoms with Crippen LogP contribution in [-0.2, 0) is 0 Å². The number of hydrogen-bond donors (Lipinski definition) is 4. The number of furan rings is 1. The van der Waals surface area contributed by atoms with Gasteiger partial charge in [0.1, 0.15) is 17.7 Å². The average molecular weight is 484 g/mol. The normalized spacial score (nSPS) is 12.4. The molecule has 0 aliphatic rings. The molecule has 0 bridgehead atoms. The molecule has 0 amide bonds. The highest BCUT2D eigenvalue weighted by Crippen LogP contribution is 2.34. The number of aromatic nitrogens is 7. The van der Waals surface area contributed by atoms with Crippen molar-refractivity contribution in [2.45, 2.75) is 26.0 Å². The third kappa shape index (κ3) is 3.75. The molecule has 0 aromatic carbocycles. The quantitative estimate of drug-likeness (QED) is 0.235. The van der Waals surface area contributed by atoms with Crippen LogP contribution in [0.3, 0.4) is 0 Å². The van der Waals surface area contributed by atoms with E-state index < -0.39 is 12.0 Å². The van der Waals surface area contributed by atoms with Crippen LogP contribution >= 0.6 is 0 Å². The van der Waals surface area contributed by atoms with Gasteiger partial charge in [0.25, 0.3) is 0 Å². The first-order chi connectivity index (χ1) is 17.6. The maximum absolute atomic E-state index is 15.9. The summed E-state index contributed by atoms with van der Waals surface area (Å²) >= 11 is 0. The lowest BCUT2D eigenvalue weighted by Crippen LogP contribution is -2.18. The number of aliphatic hydroxyl groups is 1. The molecule has 1 unspecified atom stereocenters. The van der Waals surface area contributed by atoms with E-state index in [0.717, 1.165) is 17.5 Å². The van der Waals surface area contributed by atoms with Gasteiger partial charge < -0.3 is 19.8 Å². The van der Waals surface area contributed by atoms with Crippen LogP contribution in [0.25, 0.3) is 56.0 Å². The van der Waals surface area contributed by atoms with E-state index >= 15 is 4.39 Å². The lowest BCUT2D eigenvalue weighted by Gasteiger charge is -2.13. The lowest BCUT2D eigenvalue weighted by atomic mass is 10.1. The number of fused-ring (bicyclic) bond motifs is 2. The van der Waals surface area contributed by atoms with Crippen molar-refractivity contribution in [3.05, 3.63) is 61.3 Å². The van der Waals surface area contributed by atoms with Gasteiger partial charge in [0, 0.05) is 40.8 Å². The molecule has 6 aromatic rings. The molecule has 6 heterocycles. The minimum Gasteiger partial charge on any atom is -0.472 e. The minimum atomic E-state index is -0.716. The van der Waals surface area contributed by atoms with Crippen molar-refractivity contribution >= 4 is 27.9 Å². The molecule has 36 heavy (non-hydrogen) atoms. The van der Waals surface area contributed by atoms with Crippen molar-refractivity contribution in [1.29, 1.82) is 0 Å². The van der Waals surface area contributed by atoms with E-state index in [1.165, 1.54) is 6.20 Å². The Labute approximate surface area is 203 Å². The molecule has 0 fully saturated rings. The van der Waals surface area contributed by atoms with Gasteiger partial charge in [-0.2, -0.15) is 5.10 Å². The molecule has 0 radical (unpaired) electrons. The van der Waals surface area contributed by atoms with Crippen molar-refractivity contribution < 1.29 is 13.9 Å². The molecule has 0 spiro atoms. The summed E-state index contributed by atoms with van der Waals surface area (Å²) in [6.07, 6.45) is 10.1. The summed E-state index contributed by atoms with van der Waals surface area (Å²) in [5.74, 6) is -0.134. The molecular formula is C25H21FN8O2. The Morgan fingerprint density at radius 3 is 2.86 bits per heavy atom. The van der Waals surface area contributed by atoms with Crippen LogP contribution in [0.15, 0.2) is 59.9 Å². The first kappa shape index (κ1) is 21.9. The van der Waals surface area contributed by atoms with E-state index in [1.807, 2.05) is 19.1 Å². The number of pyridine rings is 3. The largest absolute Gasteiger partial charge is 0.472 e. The minimum absolute atomic E-state index is 0.195. The zero-order valence-corrected chi connectivity index (χ0v) is 19.2. The first-order valence-electron chi connectivity index (χ1n) is 11.4. The summed E-state index contributed by atoms with van der Waals surface area (Å²) in [6, 6.07) is 5.42. The smallest absolute Gasteiger partial charge is 0.184 e. The predicted octanol–water partition coefficient (Wildman–Crippen LogP) is 4.89. The van der Waals surface area contributed by atoms with Crippen molar-refractivity contribution in [1.82, 2.24) is 35.1 Å². The standard InChI is InChI=1S/C25H21FN8O2/c1-2-3-18(35)30-15-8-14(9-27-10-15)17-11-29-23-19(20(17)26)22(33-34-23)25-31-21-16(13-5-7-36-12-13)4-6-28-24(21)32-25/h4-12,18,30,35H,2-3H2,1H3,(H,28,31,32)(H,29,33,34). The van der Waals surface area contributed by atoms with E-state index in [0.29, 0.717) is 40.4 Å². The van der Waals surface area contributed by atoms with E-state index in [-0.39, 0.29) is 16.6 Å². The Bertz CT molecular complexity index is 1670. The first-order valence-corrected chi connectivity index (χ1v) is 11.4. The molecule has 10 nitrogen and oxygen atoms in total. The third-order valence-corrected chi connectivity index (χ3v) is 5.92. The zero-order valence-electron chi connectivity index (χ0n) is 19.2. The van der Waals surface area contributed by atoms with Crippen LogP contribution in [0.2, 0.25) is 0 Å². The van der Waals surface area contributed by atoms with Gasteiger partial charge in [-0.05, 0) is 24.6 Å². The summed E-state index contributed by atoms with van der Waals surface area (Å²) < 4.78 is 21.2. The summed E-state index contributed by atoms with van der Waals surface area (Å²) in [5.41, 5.74) is 4.80. The van der Waals surface area contributed by atoms with E-state index in [1.54, 1.807) is 37.2 Å². The van der Waals surface area contributed by atoms with E-state index in [9.17, 15) is 5.11 Å². The molecule has 1 atom stereocenters. The average Bonchev–Trinajstić information content (AvgIpc) is 3.63. The number of nitrogens with zero attached hydrogens (tertiary/aromatic N) is 5. The number of rotatable bonds is 7. The second-order valence-corrected chi connectivity index (χ2v) is 8.35. The summed E-state index contributed by atoms with van der Waals surface area (Å²) in [6.45, 7) is 1.98. The molecule has 0 aliphatic carbocycles. The maximum atomic E-state index is 15.9. The fourth-order valence-corrected chi connectivity index (χ4v) is 4.22. The van der Waals surface area contributed by atoms with Crippen molar-refractivity contribution in [3.63, 3.8) is 0 Å². The van der Waals surface area contributed by atoms with Crippen molar-refractivity contribution in [3.8, 4) is 33.8 Å². The van der Waals surface area contributed by atoms with Gasteiger partial charge in [0.15, 0.2) is 17.1 Å². The summed E-state index contributed by atoms with van der Waals surface area (Å²) in [4.78, 5) is 20.7. The molecule has 6 aromatic heterocycles. The number of aromatic amines is 2. The van der Waals surface area contributed by atoms with Gasteiger partial charge in [-0.15, -0.1) is 0 Å². The number of anilines is 1. The number of imidazole rings is 1. The van der Waals surface area contributed by atoms with Gasteiger partial charge in [0.2, 0.25) is 0 Å². The molecule has 11 heteroatoms. The highest BCUT2D eigenvalue weighted by molar-refractivity contribution is 5.96. The number of hydrogen-bond acceptors (Lipinski definition) is 8. The topological polar surface area (TPSA) is 141 Å². The number of halogens is 1. The maximum Gasteiger partial charge on any atom is 0.184 e. The van der Waals surface area contributed by atoms with Gasteiger partial charge in [0.05, 0.1) is 35.3 Å². The van der Waals surface area contributed by atoms with Crippen LogP contribution in [-0.4, -0.2) is 46.5 Å². The Balaban J connectivity index is 1.44. The number of nitrogens with one attached hydrogen (secondary N) is 3. The second-order valence-electron chi connectivity index (χ2n) is 8.35. The second kappa shape index (κ2) is 8.86. The fourth-order valence-electron chi connectivity index (χ4n) is 4.22. The Hall–Kier alpha value is -4.64. The molecule has 0 saturated heterocycles. The Morgan fingerprint density at radius 2 is 2.03 bits per heavy atom. The van der Waals surface area contributed by atoms with Gasteiger partial charge >= 0.3 is 0 Å². The summed E-state index contributed by atoms with van der Waals surface area (Å²) in [5, 5.41) is 20.3. The highest BCUT2D eigenvalue weighted by atomic mass is 19.1. The van der Waals surface area contributed by atoms with Crippen molar-refractivity contribution in [2.24, 2.45) is 0 Å². The monoisotopic (exact) mass is 484 g/mol. The predicted molar refractivity (Wildman–Crippen MR) is 132 cm³/mol. The zero-order chi connectivity index (χ0) is 24.6. The fraction of sp³-hybridized carbons (Fsp3) is 0.160. The van der Waals surface area contributed by atoms with Crippen molar-refractivity contribution in [2.75, 3.05) is 5.32 Å². The van der Waals surface area contributed by atoms with Crippen LogP contribution in [0, 0.1) is 5.82 Å². The molecular weight excluding hydrogens is 463 g/mol. The molecule has 4 N–H and O–H groups in total. The van der Waals surface area contributed by atoms with Crippen LogP contribution in [0.4, 0.5) is 10.1 Å². The number of H-pyrrole nitrogens is 2. The molecule has 6 rings (SSSR count). The molecule has 180 valence electrons. The Morgan fingerprint density at radius 1 is 1.11 bits per heavy atom. The highest BCUT2D eigenvalue weighted by Gasteiger charge is 2.21. The molecule has 0 aliphatic heterocycles. The van der Waals surface area contributed by atoms with Crippen LogP contribution in [0.5, 0.6) is 0 Å². The van der Waals surface area contributed by atoms with Gasteiger partial charge in [-0.3, -0.25) is 10.1 Å². The summed E-state index contributed by atoms with van der Waals surface area (Å²) in [7, 11) is 0.